The van der Waals surface area contributed by atoms with Crippen LogP contribution in [0.1, 0.15) is 26.2 Å². The molecule has 0 aromatic heterocycles. The number of aliphatic hydroxyl groups excluding tert-OH is 1. The van der Waals surface area contributed by atoms with Crippen molar-refractivity contribution in [3.63, 3.8) is 0 Å². The first kappa shape index (κ1) is 9.96. The fourth-order valence-electron chi connectivity index (χ4n) is 1.55. The fraction of sp³-hybridized carbons (Fsp3) is 1.00. The summed E-state index contributed by atoms with van der Waals surface area (Å²) in [7, 11) is 1.59. The van der Waals surface area contributed by atoms with E-state index < -0.39 is 6.10 Å². The first-order chi connectivity index (χ1) is 5.69. The minimum Gasteiger partial charge on any atom is -0.388 e. The van der Waals surface area contributed by atoms with Gasteiger partial charge in [0.15, 0.2) is 0 Å². The van der Waals surface area contributed by atoms with Crippen molar-refractivity contribution in [2.24, 2.45) is 0 Å². The van der Waals surface area contributed by atoms with E-state index in [1.807, 2.05) is 6.92 Å². The Morgan fingerprint density at radius 3 is 2.83 bits per heavy atom. The number of hydrogen-bond donors (Lipinski definition) is 1. The highest BCUT2D eigenvalue weighted by Gasteiger charge is 2.35. The normalized spacial score (nSPS) is 33.2. The second-order valence-corrected chi connectivity index (χ2v) is 3.59. The Hall–Kier alpha value is -0.120. The van der Waals surface area contributed by atoms with E-state index in [4.69, 9.17) is 9.47 Å². The van der Waals surface area contributed by atoms with E-state index in [1.165, 1.54) is 0 Å². The van der Waals surface area contributed by atoms with Crippen LogP contribution in [0, 0.1) is 0 Å². The molecule has 1 rings (SSSR count). The van der Waals surface area contributed by atoms with Crippen LogP contribution in [-0.2, 0) is 9.47 Å². The standard InChI is InChI=1S/C9H18O3/c1-9(8(10)7-11-2)5-3-4-6-12-9/h8,10H,3-7H2,1-2H3. The molecule has 12 heavy (non-hydrogen) atoms. The molecule has 2 atom stereocenters. The molecule has 1 fully saturated rings. The van der Waals surface area contributed by atoms with Gasteiger partial charge in [-0.3, -0.25) is 0 Å². The third kappa shape index (κ3) is 2.19. The summed E-state index contributed by atoms with van der Waals surface area (Å²) in [5, 5.41) is 9.68. The lowest BCUT2D eigenvalue weighted by molar-refractivity contribution is -0.150. The molecule has 72 valence electrons. The van der Waals surface area contributed by atoms with E-state index in [-0.39, 0.29) is 5.60 Å². The average molecular weight is 174 g/mol. The van der Waals surface area contributed by atoms with E-state index in [0.29, 0.717) is 6.61 Å². The SMILES string of the molecule is COCC(O)C1(C)CCCCO1. The Labute approximate surface area is 73.7 Å². The third-order valence-corrected chi connectivity index (χ3v) is 2.53. The van der Waals surface area contributed by atoms with Crippen molar-refractivity contribution < 1.29 is 14.6 Å². The summed E-state index contributed by atoms with van der Waals surface area (Å²) in [5.41, 5.74) is -0.381. The summed E-state index contributed by atoms with van der Waals surface area (Å²) in [5.74, 6) is 0. The molecule has 3 heteroatoms. The molecule has 1 aliphatic rings. The number of rotatable bonds is 3. The number of ether oxygens (including phenoxy) is 2. The van der Waals surface area contributed by atoms with E-state index in [9.17, 15) is 5.11 Å². The second-order valence-electron chi connectivity index (χ2n) is 3.59. The third-order valence-electron chi connectivity index (χ3n) is 2.53. The van der Waals surface area contributed by atoms with Gasteiger partial charge in [0.25, 0.3) is 0 Å². The van der Waals surface area contributed by atoms with Gasteiger partial charge in [-0.25, -0.2) is 0 Å². The van der Waals surface area contributed by atoms with Gasteiger partial charge in [-0.1, -0.05) is 0 Å². The van der Waals surface area contributed by atoms with Crippen LogP contribution in [0.4, 0.5) is 0 Å². The molecule has 1 heterocycles. The lowest BCUT2D eigenvalue weighted by Gasteiger charge is -2.37. The van der Waals surface area contributed by atoms with Crippen molar-refractivity contribution in [1.82, 2.24) is 0 Å². The Morgan fingerprint density at radius 2 is 2.33 bits per heavy atom. The molecular formula is C9H18O3. The monoisotopic (exact) mass is 174 g/mol. The molecule has 1 N–H and O–H groups in total. The van der Waals surface area contributed by atoms with Crippen LogP contribution in [-0.4, -0.2) is 37.1 Å². The van der Waals surface area contributed by atoms with Gasteiger partial charge in [-0.05, 0) is 26.2 Å². The molecule has 0 amide bonds. The molecule has 0 saturated carbocycles. The van der Waals surface area contributed by atoms with Crippen LogP contribution in [0.25, 0.3) is 0 Å². The molecule has 0 aromatic rings. The Bertz CT molecular complexity index is 130. The molecule has 0 spiro atoms. The van der Waals surface area contributed by atoms with Gasteiger partial charge in [0.2, 0.25) is 0 Å². The van der Waals surface area contributed by atoms with Crippen LogP contribution in [0.15, 0.2) is 0 Å². The zero-order chi connectivity index (χ0) is 9.03. The molecule has 0 aromatic carbocycles. The zero-order valence-corrected chi connectivity index (χ0v) is 7.88. The molecule has 2 unspecified atom stereocenters. The highest BCUT2D eigenvalue weighted by atomic mass is 16.5. The average Bonchev–Trinajstić information content (AvgIpc) is 2.06. The van der Waals surface area contributed by atoms with E-state index in [1.54, 1.807) is 7.11 Å². The topological polar surface area (TPSA) is 38.7 Å². The van der Waals surface area contributed by atoms with Crippen molar-refractivity contribution >= 4 is 0 Å². The largest absolute Gasteiger partial charge is 0.388 e. The van der Waals surface area contributed by atoms with Gasteiger partial charge in [-0.2, -0.15) is 0 Å². The van der Waals surface area contributed by atoms with Crippen LogP contribution < -0.4 is 0 Å². The molecule has 3 nitrogen and oxygen atoms in total. The molecule has 0 aliphatic carbocycles. The maximum Gasteiger partial charge on any atom is 0.106 e. The quantitative estimate of drug-likeness (QED) is 0.692. The highest BCUT2D eigenvalue weighted by molar-refractivity contribution is 4.85. The molecule has 0 radical (unpaired) electrons. The van der Waals surface area contributed by atoms with E-state index >= 15 is 0 Å². The van der Waals surface area contributed by atoms with Crippen LogP contribution >= 0.6 is 0 Å². The fourth-order valence-corrected chi connectivity index (χ4v) is 1.55. The lowest BCUT2D eigenvalue weighted by Crippen LogP contribution is -2.46. The summed E-state index contributed by atoms with van der Waals surface area (Å²) in [4.78, 5) is 0. The second kappa shape index (κ2) is 4.21. The highest BCUT2D eigenvalue weighted by Crippen LogP contribution is 2.27. The van der Waals surface area contributed by atoms with Gasteiger partial charge < -0.3 is 14.6 Å². The zero-order valence-electron chi connectivity index (χ0n) is 7.88. The van der Waals surface area contributed by atoms with E-state index in [2.05, 4.69) is 0 Å². The Kier molecular flexibility index (Phi) is 3.50. The summed E-state index contributed by atoms with van der Waals surface area (Å²) >= 11 is 0. The molecule has 1 aliphatic heterocycles. The predicted molar refractivity (Wildman–Crippen MR) is 46.1 cm³/mol. The van der Waals surface area contributed by atoms with Gasteiger partial charge >= 0.3 is 0 Å². The van der Waals surface area contributed by atoms with E-state index in [0.717, 1.165) is 25.9 Å². The van der Waals surface area contributed by atoms with Crippen molar-refractivity contribution in [3.05, 3.63) is 0 Å². The van der Waals surface area contributed by atoms with Gasteiger partial charge in [-0.15, -0.1) is 0 Å². The predicted octanol–water partition coefficient (Wildman–Crippen LogP) is 0.953. The first-order valence-electron chi connectivity index (χ1n) is 4.50. The van der Waals surface area contributed by atoms with Crippen molar-refractivity contribution in [1.29, 1.82) is 0 Å². The number of aliphatic hydroxyl groups is 1. The lowest BCUT2D eigenvalue weighted by atomic mass is 9.90. The Morgan fingerprint density at radius 1 is 1.58 bits per heavy atom. The van der Waals surface area contributed by atoms with Crippen molar-refractivity contribution in [2.75, 3.05) is 20.3 Å². The number of hydrogen-bond acceptors (Lipinski definition) is 3. The summed E-state index contributed by atoms with van der Waals surface area (Å²) in [6.07, 6.45) is 2.67. The smallest absolute Gasteiger partial charge is 0.106 e. The first-order valence-corrected chi connectivity index (χ1v) is 4.50. The van der Waals surface area contributed by atoms with Crippen LogP contribution in [0.2, 0.25) is 0 Å². The van der Waals surface area contributed by atoms with Gasteiger partial charge in [0, 0.05) is 13.7 Å². The molecular weight excluding hydrogens is 156 g/mol. The molecule has 0 bridgehead atoms. The Balaban J connectivity index is 2.44. The minimum absolute atomic E-state index is 0.358. The summed E-state index contributed by atoms with van der Waals surface area (Å²) in [6.45, 7) is 3.07. The maximum atomic E-state index is 9.68. The molecule has 1 saturated heterocycles. The maximum absolute atomic E-state index is 9.68. The van der Waals surface area contributed by atoms with Crippen molar-refractivity contribution in [2.45, 2.75) is 37.9 Å². The van der Waals surface area contributed by atoms with Crippen molar-refractivity contribution in [3.8, 4) is 0 Å². The summed E-state index contributed by atoms with van der Waals surface area (Å²) < 4.78 is 10.4. The number of methoxy groups -OCH3 is 1. The minimum atomic E-state index is -0.497. The van der Waals surface area contributed by atoms with Crippen LogP contribution in [0.3, 0.4) is 0 Å². The van der Waals surface area contributed by atoms with Crippen LogP contribution in [0.5, 0.6) is 0 Å². The van der Waals surface area contributed by atoms with Gasteiger partial charge in [0.1, 0.15) is 6.10 Å². The summed E-state index contributed by atoms with van der Waals surface area (Å²) in [6, 6.07) is 0. The van der Waals surface area contributed by atoms with Gasteiger partial charge in [0.05, 0.1) is 12.2 Å².